The smallest absolute Gasteiger partial charge is 0.357 e. The van der Waals surface area contributed by atoms with Crippen LogP contribution in [0.5, 0.6) is 5.75 Å². The zero-order valence-electron chi connectivity index (χ0n) is 10.2. The number of carbonyl (C=O) groups is 1. The van der Waals surface area contributed by atoms with E-state index in [1.807, 2.05) is 36.4 Å². The van der Waals surface area contributed by atoms with E-state index in [9.17, 15) is 4.79 Å². The highest BCUT2D eigenvalue weighted by Gasteiger charge is 2.16. The lowest BCUT2D eigenvalue weighted by atomic mass is 10.1. The first-order chi connectivity index (χ1) is 9.25. The third-order valence-corrected chi connectivity index (χ3v) is 3.60. The van der Waals surface area contributed by atoms with E-state index >= 15 is 0 Å². The summed E-state index contributed by atoms with van der Waals surface area (Å²) in [5, 5.41) is 5.75. The first-order valence-electron chi connectivity index (χ1n) is 5.74. The average molecular weight is 270 g/mol. The number of fused-ring (bicyclic) bond motifs is 1. The maximum atomic E-state index is 12.0. The molecule has 0 atom stereocenters. The van der Waals surface area contributed by atoms with Gasteiger partial charge in [-0.25, -0.2) is 4.79 Å². The molecule has 1 aromatic heterocycles. The van der Waals surface area contributed by atoms with Crippen molar-refractivity contribution in [3.63, 3.8) is 0 Å². The van der Waals surface area contributed by atoms with Crippen LogP contribution in [0.3, 0.4) is 0 Å². The van der Waals surface area contributed by atoms with Crippen molar-refractivity contribution in [1.29, 1.82) is 0 Å². The van der Waals surface area contributed by atoms with Gasteiger partial charge in [0.2, 0.25) is 0 Å². The van der Waals surface area contributed by atoms with Gasteiger partial charge in [-0.2, -0.15) is 0 Å². The lowest BCUT2D eigenvalue weighted by Crippen LogP contribution is -2.08. The van der Waals surface area contributed by atoms with Gasteiger partial charge in [0.05, 0.1) is 5.69 Å². The summed E-state index contributed by atoms with van der Waals surface area (Å²) in [5.74, 6) is 0.139. The van der Waals surface area contributed by atoms with Crippen LogP contribution in [0.2, 0.25) is 0 Å². The molecule has 0 bridgehead atoms. The molecule has 5 heteroatoms. The number of esters is 1. The molecule has 0 aliphatic heterocycles. The van der Waals surface area contributed by atoms with Crippen LogP contribution in [0.25, 0.3) is 10.8 Å². The Bertz CT molecular complexity index is 747. The van der Waals surface area contributed by atoms with Crippen molar-refractivity contribution in [2.75, 3.05) is 0 Å². The number of hydrogen-bond acceptors (Lipinski definition) is 5. The lowest BCUT2D eigenvalue weighted by Gasteiger charge is -2.06. The zero-order valence-corrected chi connectivity index (χ0v) is 11.0. The van der Waals surface area contributed by atoms with E-state index in [4.69, 9.17) is 4.74 Å². The molecule has 0 aliphatic rings. The molecule has 0 radical (unpaired) electrons. The van der Waals surface area contributed by atoms with Crippen molar-refractivity contribution >= 4 is 28.3 Å². The predicted molar refractivity (Wildman–Crippen MR) is 73.6 cm³/mol. The van der Waals surface area contributed by atoms with Crippen LogP contribution in [0, 0.1) is 6.92 Å². The summed E-state index contributed by atoms with van der Waals surface area (Å²) in [6.07, 6.45) is 0. The van der Waals surface area contributed by atoms with Crippen molar-refractivity contribution in [3.05, 3.63) is 53.0 Å². The number of carbonyl (C=O) groups excluding carboxylic acids is 1. The summed E-state index contributed by atoms with van der Waals surface area (Å²) in [5.41, 5.74) is 0.593. The fourth-order valence-electron chi connectivity index (χ4n) is 1.85. The van der Waals surface area contributed by atoms with Gasteiger partial charge >= 0.3 is 5.97 Å². The molecule has 19 heavy (non-hydrogen) atoms. The van der Waals surface area contributed by atoms with Gasteiger partial charge in [0, 0.05) is 5.39 Å². The fraction of sp³-hybridized carbons (Fsp3) is 0.0714. The van der Waals surface area contributed by atoms with Crippen LogP contribution >= 0.6 is 11.5 Å². The molecular formula is C14H10N2O2S. The largest absolute Gasteiger partial charge is 0.422 e. The van der Waals surface area contributed by atoms with E-state index in [1.165, 1.54) is 0 Å². The molecule has 0 aliphatic carbocycles. The Balaban J connectivity index is 1.98. The van der Waals surface area contributed by atoms with Gasteiger partial charge in [0.1, 0.15) is 5.75 Å². The topological polar surface area (TPSA) is 52.1 Å². The van der Waals surface area contributed by atoms with E-state index in [1.54, 1.807) is 13.0 Å². The normalized spacial score (nSPS) is 10.6. The van der Waals surface area contributed by atoms with E-state index in [2.05, 4.69) is 9.59 Å². The van der Waals surface area contributed by atoms with Gasteiger partial charge in [-0.05, 0) is 29.9 Å². The monoisotopic (exact) mass is 270 g/mol. The number of hydrogen-bond donors (Lipinski definition) is 0. The molecule has 94 valence electrons. The van der Waals surface area contributed by atoms with Crippen LogP contribution in [0.4, 0.5) is 0 Å². The summed E-state index contributed by atoms with van der Waals surface area (Å²) in [7, 11) is 0. The number of aryl methyl sites for hydroxylation is 1. The third-order valence-electron chi connectivity index (χ3n) is 2.79. The standard InChI is InChI=1S/C14H10N2O2S/c1-9-13(19-16-15-9)14(17)18-12-8-4-6-10-5-2-3-7-11(10)12/h2-8H,1H3. The molecule has 0 saturated carbocycles. The van der Waals surface area contributed by atoms with E-state index in [0.29, 0.717) is 16.3 Å². The fourth-order valence-corrected chi connectivity index (χ4v) is 2.38. The molecule has 3 rings (SSSR count). The summed E-state index contributed by atoms with van der Waals surface area (Å²) in [6.45, 7) is 1.74. The number of benzene rings is 2. The molecule has 1 heterocycles. The summed E-state index contributed by atoms with van der Waals surface area (Å²) >= 11 is 1.05. The highest BCUT2D eigenvalue weighted by Crippen LogP contribution is 2.26. The van der Waals surface area contributed by atoms with Crippen LogP contribution < -0.4 is 4.74 Å². The van der Waals surface area contributed by atoms with Gasteiger partial charge in [-0.3, -0.25) is 0 Å². The van der Waals surface area contributed by atoms with Gasteiger partial charge in [-0.1, -0.05) is 40.9 Å². The van der Waals surface area contributed by atoms with Crippen LogP contribution in [0.1, 0.15) is 15.4 Å². The first-order valence-corrected chi connectivity index (χ1v) is 6.52. The van der Waals surface area contributed by atoms with Crippen LogP contribution in [-0.2, 0) is 0 Å². The Morgan fingerprint density at radius 1 is 1.16 bits per heavy atom. The molecule has 0 unspecified atom stereocenters. The van der Waals surface area contributed by atoms with E-state index < -0.39 is 5.97 Å². The molecule has 2 aromatic carbocycles. The molecule has 3 aromatic rings. The Labute approximate surface area is 113 Å². The summed E-state index contributed by atoms with van der Waals surface area (Å²) in [4.78, 5) is 12.5. The second kappa shape index (κ2) is 4.78. The van der Waals surface area contributed by atoms with Crippen molar-refractivity contribution in [2.24, 2.45) is 0 Å². The average Bonchev–Trinajstić information content (AvgIpc) is 2.85. The summed E-state index contributed by atoms with van der Waals surface area (Å²) in [6, 6.07) is 13.4. The number of rotatable bonds is 2. The van der Waals surface area contributed by atoms with Gasteiger partial charge in [0.25, 0.3) is 0 Å². The summed E-state index contributed by atoms with van der Waals surface area (Å²) < 4.78 is 9.18. The number of nitrogens with zero attached hydrogens (tertiary/aromatic N) is 2. The number of ether oxygens (including phenoxy) is 1. The van der Waals surface area contributed by atoms with Crippen LogP contribution in [-0.4, -0.2) is 15.6 Å². The third kappa shape index (κ3) is 2.20. The maximum Gasteiger partial charge on any atom is 0.357 e. The van der Waals surface area contributed by atoms with Crippen molar-refractivity contribution in [3.8, 4) is 5.75 Å². The quantitative estimate of drug-likeness (QED) is 0.530. The molecule has 0 spiro atoms. The van der Waals surface area contributed by atoms with Gasteiger partial charge in [0.15, 0.2) is 4.88 Å². The first kappa shape index (κ1) is 11.8. The molecular weight excluding hydrogens is 260 g/mol. The Morgan fingerprint density at radius 2 is 1.95 bits per heavy atom. The molecule has 0 saturated heterocycles. The molecule has 0 amide bonds. The lowest BCUT2D eigenvalue weighted by molar-refractivity contribution is 0.0741. The highest BCUT2D eigenvalue weighted by molar-refractivity contribution is 7.07. The SMILES string of the molecule is Cc1nnsc1C(=O)Oc1cccc2ccccc12. The minimum atomic E-state index is -0.413. The van der Waals surface area contributed by atoms with Gasteiger partial charge < -0.3 is 4.74 Å². The Morgan fingerprint density at radius 3 is 2.74 bits per heavy atom. The Hall–Kier alpha value is -2.27. The maximum absolute atomic E-state index is 12.0. The van der Waals surface area contributed by atoms with Crippen LogP contribution in [0.15, 0.2) is 42.5 Å². The molecule has 0 fully saturated rings. The predicted octanol–water partition coefficient (Wildman–Crippen LogP) is 3.22. The van der Waals surface area contributed by atoms with Crippen molar-refractivity contribution in [2.45, 2.75) is 6.92 Å². The van der Waals surface area contributed by atoms with Crippen molar-refractivity contribution in [1.82, 2.24) is 9.59 Å². The minimum Gasteiger partial charge on any atom is -0.422 e. The molecule has 4 nitrogen and oxygen atoms in total. The minimum absolute atomic E-state index is 0.413. The Kier molecular flexibility index (Phi) is 2.97. The second-order valence-corrected chi connectivity index (χ2v) is 4.81. The number of aromatic nitrogens is 2. The highest BCUT2D eigenvalue weighted by atomic mass is 32.1. The van der Waals surface area contributed by atoms with E-state index in [-0.39, 0.29) is 0 Å². The van der Waals surface area contributed by atoms with Gasteiger partial charge in [-0.15, -0.1) is 5.10 Å². The molecule has 0 N–H and O–H groups in total. The van der Waals surface area contributed by atoms with E-state index in [0.717, 1.165) is 22.3 Å². The second-order valence-electron chi connectivity index (χ2n) is 4.05. The zero-order chi connectivity index (χ0) is 13.2. The van der Waals surface area contributed by atoms with Crippen molar-refractivity contribution < 1.29 is 9.53 Å².